The summed E-state index contributed by atoms with van der Waals surface area (Å²) in [4.78, 5) is 33.7. The van der Waals surface area contributed by atoms with Gasteiger partial charge in [-0.3, -0.25) is 14.9 Å². The molecule has 24 heavy (non-hydrogen) atoms. The Morgan fingerprint density at radius 1 is 1.17 bits per heavy atom. The van der Waals surface area contributed by atoms with Crippen LogP contribution in [0.3, 0.4) is 0 Å². The lowest BCUT2D eigenvalue weighted by Gasteiger charge is -2.02. The molecule has 0 aliphatic carbocycles. The standard InChI is InChI=1S/C17H12BrNO5/c18-14-5-2-4-13(10-14)16(20)11-24-17(21)8-7-12-3-1-6-15(9-12)19(22)23/h1-10H,11H2. The van der Waals surface area contributed by atoms with Gasteiger partial charge in [-0.2, -0.15) is 0 Å². The molecule has 2 rings (SSSR count). The summed E-state index contributed by atoms with van der Waals surface area (Å²) in [7, 11) is 0. The van der Waals surface area contributed by atoms with Crippen LogP contribution in [0.5, 0.6) is 0 Å². The van der Waals surface area contributed by atoms with Gasteiger partial charge in [0, 0.05) is 28.2 Å². The third kappa shape index (κ3) is 5.13. The number of carbonyl (C=O) groups is 2. The van der Waals surface area contributed by atoms with Crippen LogP contribution in [0.4, 0.5) is 5.69 Å². The van der Waals surface area contributed by atoms with Crippen molar-refractivity contribution in [3.05, 3.63) is 80.3 Å². The molecule has 0 unspecified atom stereocenters. The van der Waals surface area contributed by atoms with Gasteiger partial charge in [0.2, 0.25) is 0 Å². The Hall–Kier alpha value is -2.80. The van der Waals surface area contributed by atoms with E-state index >= 15 is 0 Å². The zero-order valence-corrected chi connectivity index (χ0v) is 13.9. The lowest BCUT2D eigenvalue weighted by molar-refractivity contribution is -0.384. The number of ether oxygens (including phenoxy) is 1. The molecule has 0 atom stereocenters. The Morgan fingerprint density at radius 2 is 1.92 bits per heavy atom. The van der Waals surface area contributed by atoms with E-state index in [1.54, 1.807) is 30.3 Å². The smallest absolute Gasteiger partial charge is 0.331 e. The molecular weight excluding hydrogens is 378 g/mol. The van der Waals surface area contributed by atoms with Crippen LogP contribution in [0.15, 0.2) is 59.1 Å². The molecule has 7 heteroatoms. The number of nitro groups is 1. The lowest BCUT2D eigenvalue weighted by atomic mass is 10.1. The normalized spacial score (nSPS) is 10.5. The highest BCUT2D eigenvalue weighted by molar-refractivity contribution is 9.10. The van der Waals surface area contributed by atoms with Crippen LogP contribution in [0.25, 0.3) is 6.08 Å². The molecule has 0 saturated carbocycles. The third-order valence-electron chi connectivity index (χ3n) is 2.99. The van der Waals surface area contributed by atoms with Crippen molar-refractivity contribution in [3.63, 3.8) is 0 Å². The zero-order chi connectivity index (χ0) is 17.5. The van der Waals surface area contributed by atoms with E-state index in [0.29, 0.717) is 11.1 Å². The van der Waals surface area contributed by atoms with E-state index in [1.807, 2.05) is 0 Å². The molecule has 0 amide bonds. The second-order valence-corrected chi connectivity index (χ2v) is 5.64. The molecule has 2 aromatic carbocycles. The van der Waals surface area contributed by atoms with Gasteiger partial charge in [-0.15, -0.1) is 0 Å². The minimum absolute atomic E-state index is 0.0738. The zero-order valence-electron chi connectivity index (χ0n) is 12.3. The van der Waals surface area contributed by atoms with Crippen molar-refractivity contribution in [2.24, 2.45) is 0 Å². The predicted molar refractivity (Wildman–Crippen MR) is 91.6 cm³/mol. The third-order valence-corrected chi connectivity index (χ3v) is 3.48. The van der Waals surface area contributed by atoms with Gasteiger partial charge in [0.1, 0.15) is 0 Å². The molecular formula is C17H12BrNO5. The highest BCUT2D eigenvalue weighted by atomic mass is 79.9. The Labute approximate surface area is 146 Å². The van der Waals surface area contributed by atoms with E-state index in [4.69, 9.17) is 4.74 Å². The molecule has 0 radical (unpaired) electrons. The highest BCUT2D eigenvalue weighted by Gasteiger charge is 2.09. The number of hydrogen-bond donors (Lipinski definition) is 0. The first kappa shape index (κ1) is 17.6. The SMILES string of the molecule is O=C(C=Cc1cccc([N+](=O)[O-])c1)OCC(=O)c1cccc(Br)c1. The van der Waals surface area contributed by atoms with Gasteiger partial charge in [-0.25, -0.2) is 4.79 Å². The monoisotopic (exact) mass is 389 g/mol. The number of non-ortho nitro benzene ring substituents is 1. The van der Waals surface area contributed by atoms with Crippen LogP contribution in [-0.4, -0.2) is 23.3 Å². The number of Topliss-reactive ketones (excluding diaryl/α,β-unsaturated/α-hetero) is 1. The maximum absolute atomic E-state index is 11.9. The Kier molecular flexibility index (Phi) is 5.97. The number of rotatable bonds is 6. The molecule has 0 heterocycles. The number of esters is 1. The molecule has 0 aliphatic rings. The molecule has 0 saturated heterocycles. The first-order chi connectivity index (χ1) is 11.5. The van der Waals surface area contributed by atoms with Crippen LogP contribution in [0.2, 0.25) is 0 Å². The molecule has 0 aromatic heterocycles. The number of benzene rings is 2. The molecule has 0 aliphatic heterocycles. The van der Waals surface area contributed by atoms with Crippen molar-refractivity contribution in [1.82, 2.24) is 0 Å². The van der Waals surface area contributed by atoms with Crippen molar-refractivity contribution in [1.29, 1.82) is 0 Å². The van der Waals surface area contributed by atoms with Crippen LogP contribution in [-0.2, 0) is 9.53 Å². The van der Waals surface area contributed by atoms with Gasteiger partial charge in [0.05, 0.1) is 4.92 Å². The summed E-state index contributed by atoms with van der Waals surface area (Å²) in [6.07, 6.45) is 2.51. The number of halogens is 1. The van der Waals surface area contributed by atoms with Crippen molar-refractivity contribution in [3.8, 4) is 0 Å². The van der Waals surface area contributed by atoms with Crippen LogP contribution < -0.4 is 0 Å². The predicted octanol–water partition coefficient (Wildman–Crippen LogP) is 3.80. The summed E-state index contributed by atoms with van der Waals surface area (Å²) in [6.45, 7) is -0.380. The first-order valence-corrected chi connectivity index (χ1v) is 7.63. The van der Waals surface area contributed by atoms with Gasteiger partial charge in [-0.05, 0) is 23.8 Å². The molecule has 122 valence electrons. The maximum atomic E-state index is 11.9. The van der Waals surface area contributed by atoms with Crippen molar-refractivity contribution >= 4 is 39.4 Å². The van der Waals surface area contributed by atoms with Crippen molar-refractivity contribution in [2.75, 3.05) is 6.61 Å². The van der Waals surface area contributed by atoms with E-state index in [-0.39, 0.29) is 18.1 Å². The molecule has 2 aromatic rings. The second kappa shape index (κ2) is 8.16. The number of nitrogens with zero attached hydrogens (tertiary/aromatic N) is 1. The quantitative estimate of drug-likeness (QED) is 0.246. The number of carbonyl (C=O) groups excluding carboxylic acids is 2. The fourth-order valence-electron chi connectivity index (χ4n) is 1.84. The van der Waals surface area contributed by atoms with E-state index < -0.39 is 10.9 Å². The van der Waals surface area contributed by atoms with Crippen molar-refractivity contribution in [2.45, 2.75) is 0 Å². The summed E-state index contributed by atoms with van der Waals surface area (Å²) < 4.78 is 5.63. The first-order valence-electron chi connectivity index (χ1n) is 6.84. The van der Waals surface area contributed by atoms with E-state index in [0.717, 1.165) is 10.5 Å². The van der Waals surface area contributed by atoms with E-state index in [1.165, 1.54) is 24.3 Å². The fourth-order valence-corrected chi connectivity index (χ4v) is 2.24. The number of ketones is 1. The van der Waals surface area contributed by atoms with Gasteiger partial charge >= 0.3 is 5.97 Å². The topological polar surface area (TPSA) is 86.5 Å². The molecule has 0 N–H and O–H groups in total. The fraction of sp³-hybridized carbons (Fsp3) is 0.0588. The van der Waals surface area contributed by atoms with Gasteiger partial charge < -0.3 is 4.74 Å². The molecule has 0 bridgehead atoms. The average molecular weight is 390 g/mol. The Morgan fingerprint density at radius 3 is 2.62 bits per heavy atom. The van der Waals surface area contributed by atoms with E-state index in [9.17, 15) is 19.7 Å². The van der Waals surface area contributed by atoms with Gasteiger partial charge in [-0.1, -0.05) is 40.2 Å². The molecule has 0 spiro atoms. The largest absolute Gasteiger partial charge is 0.454 e. The lowest BCUT2D eigenvalue weighted by Crippen LogP contribution is -2.12. The minimum Gasteiger partial charge on any atom is -0.454 e. The summed E-state index contributed by atoms with van der Waals surface area (Å²) in [5.41, 5.74) is 0.842. The van der Waals surface area contributed by atoms with Crippen LogP contribution in [0, 0.1) is 10.1 Å². The number of hydrogen-bond acceptors (Lipinski definition) is 5. The average Bonchev–Trinajstić information content (AvgIpc) is 2.58. The highest BCUT2D eigenvalue weighted by Crippen LogP contribution is 2.14. The van der Waals surface area contributed by atoms with Crippen molar-refractivity contribution < 1.29 is 19.2 Å². The summed E-state index contributed by atoms with van der Waals surface area (Å²) in [5, 5.41) is 10.7. The van der Waals surface area contributed by atoms with Gasteiger partial charge in [0.15, 0.2) is 12.4 Å². The number of nitro benzene ring substituents is 1. The molecule has 0 fully saturated rings. The van der Waals surface area contributed by atoms with Crippen LogP contribution in [0.1, 0.15) is 15.9 Å². The second-order valence-electron chi connectivity index (χ2n) is 4.73. The van der Waals surface area contributed by atoms with Crippen LogP contribution >= 0.6 is 15.9 Å². The maximum Gasteiger partial charge on any atom is 0.331 e. The Balaban J connectivity index is 1.92. The minimum atomic E-state index is -0.704. The molecule has 6 nitrogen and oxygen atoms in total. The summed E-state index contributed by atoms with van der Waals surface area (Å²) in [6, 6.07) is 12.6. The van der Waals surface area contributed by atoms with E-state index in [2.05, 4.69) is 15.9 Å². The summed E-state index contributed by atoms with van der Waals surface area (Å²) in [5.74, 6) is -1.03. The van der Waals surface area contributed by atoms with Gasteiger partial charge in [0.25, 0.3) is 5.69 Å². The Bertz CT molecular complexity index is 816. The summed E-state index contributed by atoms with van der Waals surface area (Å²) >= 11 is 3.26.